The molecular formula is C49H42BN. The van der Waals surface area contributed by atoms with E-state index in [4.69, 9.17) is 4.98 Å². The van der Waals surface area contributed by atoms with Gasteiger partial charge in [0.1, 0.15) is 0 Å². The van der Waals surface area contributed by atoms with E-state index in [0.29, 0.717) is 0 Å². The maximum atomic E-state index is 5.53. The summed E-state index contributed by atoms with van der Waals surface area (Å²) in [5.41, 5.74) is 9.89. The van der Waals surface area contributed by atoms with E-state index >= 15 is 0 Å². The topological polar surface area (TPSA) is 12.9 Å². The van der Waals surface area contributed by atoms with Gasteiger partial charge >= 0.3 is 0 Å². The van der Waals surface area contributed by atoms with Crippen molar-refractivity contribution in [2.75, 3.05) is 0 Å². The molecule has 0 aliphatic carbocycles. The summed E-state index contributed by atoms with van der Waals surface area (Å²) in [5, 5.41) is 11.5. The molecule has 51 heavy (non-hydrogen) atoms. The van der Waals surface area contributed by atoms with E-state index in [-0.39, 0.29) is 17.5 Å². The molecule has 0 fully saturated rings. The molecule has 0 radical (unpaired) electrons. The molecule has 0 saturated heterocycles. The quantitative estimate of drug-likeness (QED) is 0.104. The van der Waals surface area contributed by atoms with Crippen molar-refractivity contribution in [1.82, 2.24) is 4.98 Å². The van der Waals surface area contributed by atoms with Crippen LogP contribution in [0.2, 0.25) is 0 Å². The van der Waals surface area contributed by atoms with Crippen molar-refractivity contribution in [3.63, 3.8) is 0 Å². The Hall–Kier alpha value is -5.47. The monoisotopic (exact) mass is 655 g/mol. The highest BCUT2D eigenvalue weighted by atomic mass is 14.7. The number of pyridine rings is 1. The summed E-state index contributed by atoms with van der Waals surface area (Å²) in [5.74, 6) is 0. The minimum absolute atomic E-state index is 0.0662. The van der Waals surface area contributed by atoms with Crippen LogP contribution in [0.15, 0.2) is 146 Å². The average Bonchev–Trinajstić information content (AvgIpc) is 3.13. The molecule has 246 valence electrons. The van der Waals surface area contributed by atoms with E-state index < -0.39 is 0 Å². The maximum absolute atomic E-state index is 5.53. The van der Waals surface area contributed by atoms with Gasteiger partial charge in [-0.15, -0.1) is 0 Å². The lowest BCUT2D eigenvalue weighted by atomic mass is 9.36. The van der Waals surface area contributed by atoms with Crippen LogP contribution in [0.25, 0.3) is 65.3 Å². The zero-order chi connectivity index (χ0) is 35.1. The molecule has 1 aromatic heterocycles. The van der Waals surface area contributed by atoms with Crippen LogP contribution < -0.4 is 16.4 Å². The Kier molecular flexibility index (Phi) is 7.13. The Morgan fingerprint density at radius 1 is 0.412 bits per heavy atom. The van der Waals surface area contributed by atoms with Gasteiger partial charge in [0, 0.05) is 21.7 Å². The van der Waals surface area contributed by atoms with Gasteiger partial charge in [0.2, 0.25) is 6.71 Å². The van der Waals surface area contributed by atoms with Gasteiger partial charge in [-0.05, 0) is 66.4 Å². The number of benzene rings is 8. The number of fused-ring (bicyclic) bond motifs is 4. The Morgan fingerprint density at radius 3 is 1.57 bits per heavy atom. The minimum atomic E-state index is 0.0662. The molecule has 0 atom stereocenters. The average molecular weight is 656 g/mol. The fourth-order valence-corrected chi connectivity index (χ4v) is 8.24. The van der Waals surface area contributed by atoms with Crippen molar-refractivity contribution < 1.29 is 0 Å². The van der Waals surface area contributed by atoms with Crippen LogP contribution in [0.3, 0.4) is 0 Å². The standard InChI is InChI=1S/C49H42BN/c1-48(2,3)35-18-22-37(23-19-35)50(38-24-20-36(21-25-38)49(4,5)6)39-26-28-40-43(30-39)51-47(33-11-8-7-9-12-33)42-29-34-16-15-31-13-10-14-32-17-27-41(46(40)42)45(34)44(31)32/h7-30H,1-6H3. The fourth-order valence-electron chi connectivity index (χ4n) is 8.24. The normalized spacial score (nSPS) is 12.5. The molecule has 0 bridgehead atoms. The summed E-state index contributed by atoms with van der Waals surface area (Å²) >= 11 is 0. The molecule has 8 aromatic carbocycles. The number of rotatable bonds is 4. The first-order valence-electron chi connectivity index (χ1n) is 18.2. The third kappa shape index (κ3) is 5.28. The summed E-state index contributed by atoms with van der Waals surface area (Å²) in [6.07, 6.45) is 0. The minimum Gasteiger partial charge on any atom is -0.247 e. The molecule has 1 nitrogen and oxygen atoms in total. The first-order valence-corrected chi connectivity index (χ1v) is 18.2. The predicted molar refractivity (Wildman–Crippen MR) is 223 cm³/mol. The van der Waals surface area contributed by atoms with Gasteiger partial charge in [-0.3, -0.25) is 0 Å². The highest BCUT2D eigenvalue weighted by Gasteiger charge is 2.25. The van der Waals surface area contributed by atoms with Gasteiger partial charge in [-0.2, -0.15) is 0 Å². The molecule has 2 heteroatoms. The van der Waals surface area contributed by atoms with Crippen molar-refractivity contribution in [2.24, 2.45) is 0 Å². The Labute approximate surface area is 301 Å². The summed E-state index contributed by atoms with van der Waals surface area (Å²) in [6.45, 7) is 13.8. The lowest BCUT2D eigenvalue weighted by Crippen LogP contribution is -2.52. The van der Waals surface area contributed by atoms with Crippen molar-refractivity contribution in [2.45, 2.75) is 52.4 Å². The molecule has 1 heterocycles. The Bertz CT molecular complexity index is 2660. The van der Waals surface area contributed by atoms with Crippen molar-refractivity contribution >= 4 is 77.1 Å². The highest BCUT2D eigenvalue weighted by molar-refractivity contribution is 6.95. The zero-order valence-electron chi connectivity index (χ0n) is 30.4. The lowest BCUT2D eigenvalue weighted by molar-refractivity contribution is 0.590. The molecule has 9 aromatic rings. The van der Waals surface area contributed by atoms with Crippen LogP contribution in [0.5, 0.6) is 0 Å². The fraction of sp³-hybridized carbons (Fsp3) is 0.163. The van der Waals surface area contributed by atoms with E-state index in [1.54, 1.807) is 0 Å². The Morgan fingerprint density at radius 2 is 0.961 bits per heavy atom. The summed E-state index contributed by atoms with van der Waals surface area (Å²) in [6, 6.07) is 54.5. The van der Waals surface area contributed by atoms with E-state index in [1.165, 1.54) is 76.0 Å². The molecule has 9 rings (SSSR count). The van der Waals surface area contributed by atoms with Crippen LogP contribution in [-0.2, 0) is 10.8 Å². The summed E-state index contributed by atoms with van der Waals surface area (Å²) in [4.78, 5) is 5.53. The third-order valence-electron chi connectivity index (χ3n) is 11.0. The molecular weight excluding hydrogens is 613 g/mol. The van der Waals surface area contributed by atoms with E-state index in [0.717, 1.165) is 16.8 Å². The van der Waals surface area contributed by atoms with Gasteiger partial charge in [-0.25, -0.2) is 4.98 Å². The molecule has 0 aliphatic rings. The van der Waals surface area contributed by atoms with Crippen molar-refractivity contribution in [3.05, 3.63) is 157 Å². The maximum Gasteiger partial charge on any atom is 0.241 e. The first kappa shape index (κ1) is 31.5. The van der Waals surface area contributed by atoms with Crippen LogP contribution in [-0.4, -0.2) is 11.7 Å². The Balaban J connectivity index is 1.33. The van der Waals surface area contributed by atoms with Crippen molar-refractivity contribution in [1.29, 1.82) is 0 Å². The number of hydrogen-bond donors (Lipinski definition) is 0. The van der Waals surface area contributed by atoms with Gasteiger partial charge in [-0.1, -0.05) is 191 Å². The molecule has 0 amide bonds. The predicted octanol–water partition coefficient (Wildman–Crippen LogP) is 11.1. The van der Waals surface area contributed by atoms with Crippen molar-refractivity contribution in [3.8, 4) is 11.3 Å². The second-order valence-corrected chi connectivity index (χ2v) is 16.4. The van der Waals surface area contributed by atoms with Gasteiger partial charge in [0.15, 0.2) is 0 Å². The second-order valence-electron chi connectivity index (χ2n) is 16.4. The van der Waals surface area contributed by atoms with Gasteiger partial charge < -0.3 is 0 Å². The van der Waals surface area contributed by atoms with E-state index in [2.05, 4.69) is 187 Å². The number of nitrogens with zero attached hydrogens (tertiary/aromatic N) is 1. The van der Waals surface area contributed by atoms with Crippen LogP contribution in [0, 0.1) is 0 Å². The smallest absolute Gasteiger partial charge is 0.241 e. The molecule has 0 saturated carbocycles. The number of hydrogen-bond acceptors (Lipinski definition) is 1. The second kappa shape index (κ2) is 11.5. The third-order valence-corrected chi connectivity index (χ3v) is 11.0. The van der Waals surface area contributed by atoms with Gasteiger partial charge in [0.25, 0.3) is 0 Å². The molecule has 0 N–H and O–H groups in total. The number of aromatic nitrogens is 1. The van der Waals surface area contributed by atoms with Crippen LogP contribution in [0.1, 0.15) is 52.7 Å². The molecule has 0 unspecified atom stereocenters. The van der Waals surface area contributed by atoms with Crippen LogP contribution in [0.4, 0.5) is 0 Å². The summed E-state index contributed by atoms with van der Waals surface area (Å²) < 4.78 is 0. The SMILES string of the molecule is CC(C)(C)c1ccc(B(c2ccc(C(C)(C)C)cc2)c2ccc3c(c2)nc(-c2ccccc2)c2cc4ccc5cccc6ccc(c23)c4c56)cc1. The van der Waals surface area contributed by atoms with E-state index in [9.17, 15) is 0 Å². The zero-order valence-corrected chi connectivity index (χ0v) is 30.4. The van der Waals surface area contributed by atoms with E-state index in [1.807, 2.05) is 0 Å². The lowest BCUT2D eigenvalue weighted by Gasteiger charge is -2.23. The highest BCUT2D eigenvalue weighted by Crippen LogP contribution is 2.43. The largest absolute Gasteiger partial charge is 0.247 e. The first-order chi connectivity index (χ1) is 24.5. The molecule has 0 aliphatic heterocycles. The van der Waals surface area contributed by atoms with Crippen LogP contribution >= 0.6 is 0 Å². The van der Waals surface area contributed by atoms with Gasteiger partial charge in [0.05, 0.1) is 11.2 Å². The molecule has 0 spiro atoms. The summed E-state index contributed by atoms with van der Waals surface area (Å²) in [7, 11) is 0.